The maximum absolute atomic E-state index is 12.0. The van der Waals surface area contributed by atoms with Crippen molar-refractivity contribution in [3.63, 3.8) is 0 Å². The minimum atomic E-state index is -3.11. The van der Waals surface area contributed by atoms with Gasteiger partial charge in [0.25, 0.3) is 12.9 Å². The summed E-state index contributed by atoms with van der Waals surface area (Å²) < 4.78 is 48.1. The topological polar surface area (TPSA) is 24.4 Å². The molecule has 1 aliphatic rings. The molecular weight excluding hydrogens is 164 g/mol. The third-order valence-corrected chi connectivity index (χ3v) is 1.56. The first kappa shape index (κ1) is 8.29. The average molecular weight is 170 g/mol. The van der Waals surface area contributed by atoms with Crippen molar-refractivity contribution >= 4 is 6.34 Å². The molecule has 1 rings (SSSR count). The second kappa shape index (κ2) is 2.67. The zero-order valence-electron chi connectivity index (χ0n) is 5.40. The van der Waals surface area contributed by atoms with Crippen LogP contribution in [0, 0.1) is 0 Å². The maximum Gasteiger partial charge on any atom is 0.268 e. The molecule has 0 saturated heterocycles. The normalized spacial score (nSPS) is 21.3. The lowest BCUT2D eigenvalue weighted by Gasteiger charge is -2.26. The molecule has 1 heterocycles. The molecule has 0 amide bonds. The standard InChI is InChI=1S/C5H6F4N2/c6-3(7)5(4(8)9)1-10-2-11-5/h2-4H,1H2,(H,10,11). The van der Waals surface area contributed by atoms with Gasteiger partial charge in [0.05, 0.1) is 12.9 Å². The summed E-state index contributed by atoms with van der Waals surface area (Å²) in [6.45, 7) is -0.567. The number of alkyl halides is 4. The van der Waals surface area contributed by atoms with E-state index in [1.165, 1.54) is 0 Å². The second-order valence-corrected chi connectivity index (χ2v) is 2.26. The molecule has 0 bridgehead atoms. The van der Waals surface area contributed by atoms with E-state index in [4.69, 9.17) is 0 Å². The van der Waals surface area contributed by atoms with Gasteiger partial charge in [0.2, 0.25) is 0 Å². The molecule has 1 N–H and O–H groups in total. The highest BCUT2D eigenvalue weighted by Crippen LogP contribution is 2.26. The van der Waals surface area contributed by atoms with Crippen molar-refractivity contribution < 1.29 is 17.6 Å². The Morgan fingerprint density at radius 2 is 1.82 bits per heavy atom. The van der Waals surface area contributed by atoms with E-state index in [2.05, 4.69) is 4.99 Å². The summed E-state index contributed by atoms with van der Waals surface area (Å²) in [7, 11) is 0. The summed E-state index contributed by atoms with van der Waals surface area (Å²) in [6, 6.07) is 0. The van der Waals surface area contributed by atoms with E-state index in [0.717, 1.165) is 6.34 Å². The number of halogens is 4. The van der Waals surface area contributed by atoms with Gasteiger partial charge in [-0.1, -0.05) is 0 Å². The quantitative estimate of drug-likeness (QED) is 0.611. The molecule has 0 saturated carbocycles. The molecule has 0 aliphatic carbocycles. The molecule has 6 heteroatoms. The number of rotatable bonds is 2. The van der Waals surface area contributed by atoms with E-state index >= 15 is 0 Å². The van der Waals surface area contributed by atoms with Gasteiger partial charge in [-0.05, 0) is 0 Å². The third-order valence-electron chi connectivity index (χ3n) is 1.56. The van der Waals surface area contributed by atoms with E-state index in [1.54, 1.807) is 0 Å². The Bertz CT molecular complexity index is 150. The van der Waals surface area contributed by atoms with Gasteiger partial charge in [-0.2, -0.15) is 0 Å². The predicted molar refractivity (Wildman–Crippen MR) is 31.2 cm³/mol. The molecule has 2 nitrogen and oxygen atoms in total. The zero-order chi connectivity index (χ0) is 8.48. The van der Waals surface area contributed by atoms with Gasteiger partial charge in [-0.15, -0.1) is 0 Å². The second-order valence-electron chi connectivity index (χ2n) is 2.26. The van der Waals surface area contributed by atoms with Crippen molar-refractivity contribution in [3.05, 3.63) is 0 Å². The Hall–Kier alpha value is -0.810. The Morgan fingerprint density at radius 3 is 2.00 bits per heavy atom. The summed E-state index contributed by atoms with van der Waals surface area (Å²) in [5, 5.41) is 1.88. The van der Waals surface area contributed by atoms with Crippen LogP contribution in [0.5, 0.6) is 0 Å². The Labute approximate surface area is 60.3 Å². The minimum Gasteiger partial charge on any atom is -0.359 e. The predicted octanol–water partition coefficient (Wildman–Crippen LogP) is 0.887. The highest BCUT2D eigenvalue weighted by atomic mass is 19.3. The average Bonchev–Trinajstić information content (AvgIpc) is 2.34. The highest BCUT2D eigenvalue weighted by Gasteiger charge is 2.50. The minimum absolute atomic E-state index is 0.567. The number of hydrogen-bond donors (Lipinski definition) is 1. The van der Waals surface area contributed by atoms with Gasteiger partial charge in [-0.25, -0.2) is 17.6 Å². The van der Waals surface area contributed by atoms with Crippen molar-refractivity contribution in [1.82, 2.24) is 5.32 Å². The van der Waals surface area contributed by atoms with Crippen molar-refractivity contribution in [2.75, 3.05) is 6.54 Å². The van der Waals surface area contributed by atoms with E-state index in [0.29, 0.717) is 0 Å². The number of aliphatic imine (C=N–C) groups is 1. The molecule has 0 unspecified atom stereocenters. The fourth-order valence-corrected chi connectivity index (χ4v) is 0.767. The molecule has 11 heavy (non-hydrogen) atoms. The van der Waals surface area contributed by atoms with Crippen LogP contribution in [0.3, 0.4) is 0 Å². The maximum atomic E-state index is 12.0. The smallest absolute Gasteiger partial charge is 0.268 e. The molecule has 0 radical (unpaired) electrons. The van der Waals surface area contributed by atoms with Crippen molar-refractivity contribution in [1.29, 1.82) is 0 Å². The third kappa shape index (κ3) is 1.17. The highest BCUT2D eigenvalue weighted by molar-refractivity contribution is 5.59. The van der Waals surface area contributed by atoms with E-state index in [9.17, 15) is 17.6 Å². The van der Waals surface area contributed by atoms with E-state index < -0.39 is 24.9 Å². The zero-order valence-corrected chi connectivity index (χ0v) is 5.40. The SMILES string of the molecule is FC(F)C1(C(F)F)CN=CN1. The lowest BCUT2D eigenvalue weighted by molar-refractivity contribution is -0.0499. The van der Waals surface area contributed by atoms with Gasteiger partial charge in [0, 0.05) is 0 Å². The molecule has 0 fully saturated rings. The van der Waals surface area contributed by atoms with Gasteiger partial charge < -0.3 is 5.32 Å². The van der Waals surface area contributed by atoms with Gasteiger partial charge in [0.15, 0.2) is 5.54 Å². The summed E-state index contributed by atoms with van der Waals surface area (Å²) in [6.07, 6.45) is -5.33. The van der Waals surface area contributed by atoms with Crippen LogP contribution in [-0.4, -0.2) is 31.3 Å². The molecule has 0 aromatic rings. The van der Waals surface area contributed by atoms with Crippen LogP contribution in [-0.2, 0) is 0 Å². The van der Waals surface area contributed by atoms with Crippen LogP contribution in [0.1, 0.15) is 0 Å². The Kier molecular flexibility index (Phi) is 2.01. The Balaban J connectivity index is 2.73. The van der Waals surface area contributed by atoms with Crippen LogP contribution < -0.4 is 5.32 Å². The Morgan fingerprint density at radius 1 is 1.27 bits per heavy atom. The van der Waals surface area contributed by atoms with Crippen LogP contribution >= 0.6 is 0 Å². The number of nitrogens with zero attached hydrogens (tertiary/aromatic N) is 1. The van der Waals surface area contributed by atoms with Crippen molar-refractivity contribution in [3.8, 4) is 0 Å². The van der Waals surface area contributed by atoms with Crippen LogP contribution in [0.15, 0.2) is 4.99 Å². The molecule has 0 atom stereocenters. The summed E-state index contributed by atoms with van der Waals surface area (Å²) in [5.74, 6) is 0. The molecular formula is C5H6F4N2. The molecule has 1 aliphatic heterocycles. The molecule has 0 spiro atoms. The van der Waals surface area contributed by atoms with Crippen molar-refractivity contribution in [2.24, 2.45) is 4.99 Å². The summed E-state index contributed by atoms with van der Waals surface area (Å²) in [4.78, 5) is 3.28. The number of nitrogens with one attached hydrogen (secondary N) is 1. The fourth-order valence-electron chi connectivity index (χ4n) is 0.767. The number of hydrogen-bond acceptors (Lipinski definition) is 2. The van der Waals surface area contributed by atoms with E-state index in [-0.39, 0.29) is 0 Å². The lowest BCUT2D eigenvalue weighted by Crippen LogP contribution is -2.55. The fraction of sp³-hybridized carbons (Fsp3) is 0.800. The lowest BCUT2D eigenvalue weighted by atomic mass is 10.0. The first-order valence-corrected chi connectivity index (χ1v) is 2.92. The molecule has 64 valence electrons. The van der Waals surface area contributed by atoms with E-state index in [1.807, 2.05) is 5.32 Å². The molecule has 0 aromatic carbocycles. The van der Waals surface area contributed by atoms with Gasteiger partial charge >= 0.3 is 0 Å². The van der Waals surface area contributed by atoms with Crippen molar-refractivity contribution in [2.45, 2.75) is 18.4 Å². The van der Waals surface area contributed by atoms with Crippen LogP contribution in [0.4, 0.5) is 17.6 Å². The van der Waals surface area contributed by atoms with Crippen LogP contribution in [0.2, 0.25) is 0 Å². The summed E-state index contributed by atoms with van der Waals surface area (Å²) >= 11 is 0. The monoisotopic (exact) mass is 170 g/mol. The first-order chi connectivity index (χ1) is 5.09. The first-order valence-electron chi connectivity index (χ1n) is 2.92. The molecule has 0 aromatic heterocycles. The largest absolute Gasteiger partial charge is 0.359 e. The van der Waals surface area contributed by atoms with Gasteiger partial charge in [0.1, 0.15) is 0 Å². The van der Waals surface area contributed by atoms with Crippen LogP contribution in [0.25, 0.3) is 0 Å². The van der Waals surface area contributed by atoms with Gasteiger partial charge in [-0.3, -0.25) is 4.99 Å². The summed E-state index contributed by atoms with van der Waals surface area (Å²) in [5.41, 5.74) is -2.44.